The van der Waals surface area contributed by atoms with E-state index in [0.29, 0.717) is 24.8 Å². The molecule has 2 N–H and O–H groups in total. The second-order valence-electron chi connectivity index (χ2n) is 11.0. The van der Waals surface area contributed by atoms with Crippen molar-refractivity contribution in [1.82, 2.24) is 20.4 Å². The average molecular weight is 423 g/mol. The van der Waals surface area contributed by atoms with Crippen LogP contribution in [0, 0.1) is 17.8 Å². The number of nitrogens with zero attached hydrogens (tertiary/aromatic N) is 2. The average Bonchev–Trinajstić information content (AvgIpc) is 3.18. The summed E-state index contributed by atoms with van der Waals surface area (Å²) in [4.78, 5) is 18.0. The van der Waals surface area contributed by atoms with Gasteiger partial charge in [-0.2, -0.15) is 0 Å². The summed E-state index contributed by atoms with van der Waals surface area (Å²) in [6.45, 7) is 5.80. The number of carbonyl (C=O) groups is 1. The lowest BCUT2D eigenvalue weighted by molar-refractivity contribution is -0.124. The van der Waals surface area contributed by atoms with Gasteiger partial charge >= 0.3 is 0 Å². The quantitative estimate of drug-likeness (QED) is 0.715. The molecule has 0 aromatic rings. The van der Waals surface area contributed by atoms with Crippen molar-refractivity contribution < 1.29 is 9.18 Å². The zero-order valence-electron chi connectivity index (χ0n) is 19.3. The third-order valence-corrected chi connectivity index (χ3v) is 8.44. The summed E-state index contributed by atoms with van der Waals surface area (Å²) in [6.07, 6.45) is 8.72. The van der Waals surface area contributed by atoms with Gasteiger partial charge in [0.15, 0.2) is 0 Å². The molecule has 7 atom stereocenters. The summed E-state index contributed by atoms with van der Waals surface area (Å²) in [7, 11) is 4.34. The van der Waals surface area contributed by atoms with Crippen molar-refractivity contribution in [3.63, 3.8) is 0 Å². The van der Waals surface area contributed by atoms with Crippen molar-refractivity contribution in [3.05, 3.63) is 0 Å². The molecular formula is C24H43FN4O. The Hall–Kier alpha value is -0.720. The van der Waals surface area contributed by atoms with Crippen LogP contribution in [-0.4, -0.2) is 79.8 Å². The van der Waals surface area contributed by atoms with Crippen LogP contribution in [-0.2, 0) is 4.79 Å². The van der Waals surface area contributed by atoms with Crippen molar-refractivity contribution in [2.75, 3.05) is 33.7 Å². The molecule has 172 valence electrons. The first-order valence-electron chi connectivity index (χ1n) is 12.5. The molecule has 1 amide bonds. The van der Waals surface area contributed by atoms with Gasteiger partial charge in [-0.1, -0.05) is 6.92 Å². The first-order valence-corrected chi connectivity index (χ1v) is 12.5. The number of hydrogen-bond donors (Lipinski definition) is 2. The lowest BCUT2D eigenvalue weighted by atomic mass is 9.77. The van der Waals surface area contributed by atoms with Crippen LogP contribution in [0.4, 0.5) is 4.39 Å². The van der Waals surface area contributed by atoms with Crippen molar-refractivity contribution >= 4 is 5.91 Å². The van der Waals surface area contributed by atoms with Gasteiger partial charge in [-0.15, -0.1) is 0 Å². The van der Waals surface area contributed by atoms with E-state index < -0.39 is 6.17 Å². The highest BCUT2D eigenvalue weighted by molar-refractivity contribution is 5.82. The molecule has 30 heavy (non-hydrogen) atoms. The number of alkyl halides is 1. The fourth-order valence-electron chi connectivity index (χ4n) is 6.75. The third-order valence-electron chi connectivity index (χ3n) is 8.44. The van der Waals surface area contributed by atoms with Gasteiger partial charge in [0.25, 0.3) is 0 Å². The van der Waals surface area contributed by atoms with E-state index in [1.165, 1.54) is 45.3 Å². The second-order valence-corrected chi connectivity index (χ2v) is 11.0. The monoisotopic (exact) mass is 422 g/mol. The standard InChI is InChI=1S/C24H43FN4O/c1-16-7-8-21(25)20-14-22(27-23(16)20)24(30)26-18-5-4-6-19(13-18)29-11-9-17(10-12-29)15-28(2)3/h16-23,27H,4-15H2,1-3H3,(H,26,30). The fourth-order valence-corrected chi connectivity index (χ4v) is 6.75. The summed E-state index contributed by atoms with van der Waals surface area (Å²) in [5, 5.41) is 6.84. The number of rotatable bonds is 5. The third kappa shape index (κ3) is 5.18. The summed E-state index contributed by atoms with van der Waals surface area (Å²) in [5.41, 5.74) is 0. The molecule has 6 heteroatoms. The predicted octanol–water partition coefficient (Wildman–Crippen LogP) is 2.80. The summed E-state index contributed by atoms with van der Waals surface area (Å²) < 4.78 is 14.4. The van der Waals surface area contributed by atoms with Gasteiger partial charge in [-0.05, 0) is 96.8 Å². The number of hydrogen-bond acceptors (Lipinski definition) is 4. The maximum atomic E-state index is 14.4. The smallest absolute Gasteiger partial charge is 0.237 e. The van der Waals surface area contributed by atoms with E-state index in [2.05, 4.69) is 41.5 Å². The molecule has 0 aromatic heterocycles. The molecule has 2 aliphatic heterocycles. The molecule has 2 saturated carbocycles. The molecule has 2 heterocycles. The normalized spacial score (nSPS) is 41.0. The predicted molar refractivity (Wildman–Crippen MR) is 119 cm³/mol. The Balaban J connectivity index is 1.25. The molecule has 2 saturated heterocycles. The number of piperidine rings is 1. The highest BCUT2D eigenvalue weighted by Crippen LogP contribution is 2.38. The van der Waals surface area contributed by atoms with Crippen molar-refractivity contribution in [2.45, 2.75) is 95.1 Å². The van der Waals surface area contributed by atoms with Crippen LogP contribution in [0.15, 0.2) is 0 Å². The summed E-state index contributed by atoms with van der Waals surface area (Å²) >= 11 is 0. The number of amides is 1. The molecule has 4 rings (SSSR count). The molecule has 0 radical (unpaired) electrons. The Morgan fingerprint density at radius 3 is 2.57 bits per heavy atom. The number of fused-ring (bicyclic) bond motifs is 1. The first-order chi connectivity index (χ1) is 14.4. The van der Waals surface area contributed by atoms with Crippen LogP contribution in [0.5, 0.6) is 0 Å². The first kappa shape index (κ1) is 22.5. The van der Waals surface area contributed by atoms with Crippen LogP contribution in [0.25, 0.3) is 0 Å². The van der Waals surface area contributed by atoms with E-state index in [0.717, 1.165) is 25.2 Å². The minimum Gasteiger partial charge on any atom is -0.352 e. The lowest BCUT2D eigenvalue weighted by Gasteiger charge is -2.42. The zero-order chi connectivity index (χ0) is 21.3. The topological polar surface area (TPSA) is 47.6 Å². The molecule has 0 bridgehead atoms. The zero-order valence-corrected chi connectivity index (χ0v) is 19.3. The van der Waals surface area contributed by atoms with Gasteiger partial charge < -0.3 is 20.4 Å². The highest BCUT2D eigenvalue weighted by Gasteiger charge is 2.46. The Labute approximate surface area is 182 Å². The number of likely N-dealkylation sites (tertiary alicyclic amines) is 1. The van der Waals surface area contributed by atoms with Gasteiger partial charge in [0.2, 0.25) is 5.91 Å². The molecule has 4 aliphatic rings. The second kappa shape index (κ2) is 9.83. The SMILES string of the molecule is CC1CCC(F)C2CC(C(=O)NC3CCCC(N4CCC(CN(C)C)CC4)C3)NC12. The number of carbonyl (C=O) groups excluding carboxylic acids is 1. The Kier molecular flexibility index (Phi) is 7.36. The maximum absolute atomic E-state index is 14.4. The van der Waals surface area contributed by atoms with Gasteiger partial charge in [0.1, 0.15) is 6.17 Å². The number of halogens is 1. The summed E-state index contributed by atoms with van der Waals surface area (Å²) in [6, 6.07) is 0.852. The van der Waals surface area contributed by atoms with E-state index in [4.69, 9.17) is 0 Å². The van der Waals surface area contributed by atoms with Crippen LogP contribution >= 0.6 is 0 Å². The molecule has 4 fully saturated rings. The molecule has 2 aliphatic carbocycles. The van der Waals surface area contributed by atoms with Gasteiger partial charge in [0, 0.05) is 30.6 Å². The van der Waals surface area contributed by atoms with Gasteiger partial charge in [0.05, 0.1) is 6.04 Å². The highest BCUT2D eigenvalue weighted by atomic mass is 19.1. The molecule has 0 aromatic carbocycles. The van der Waals surface area contributed by atoms with Crippen LogP contribution in [0.1, 0.15) is 64.7 Å². The van der Waals surface area contributed by atoms with E-state index in [-0.39, 0.29) is 30.0 Å². The lowest BCUT2D eigenvalue weighted by Crippen LogP contribution is -2.52. The Morgan fingerprint density at radius 1 is 1.10 bits per heavy atom. The van der Waals surface area contributed by atoms with Crippen molar-refractivity contribution in [3.8, 4) is 0 Å². The minimum absolute atomic E-state index is 0.0204. The Morgan fingerprint density at radius 2 is 1.87 bits per heavy atom. The van der Waals surface area contributed by atoms with Crippen LogP contribution < -0.4 is 10.6 Å². The molecule has 5 nitrogen and oxygen atoms in total. The van der Waals surface area contributed by atoms with E-state index in [1.807, 2.05) is 0 Å². The van der Waals surface area contributed by atoms with E-state index in [1.54, 1.807) is 0 Å². The molecule has 0 spiro atoms. The fraction of sp³-hybridized carbons (Fsp3) is 0.958. The number of nitrogens with one attached hydrogen (secondary N) is 2. The Bertz CT molecular complexity index is 562. The van der Waals surface area contributed by atoms with Crippen LogP contribution in [0.3, 0.4) is 0 Å². The van der Waals surface area contributed by atoms with Gasteiger partial charge in [-0.3, -0.25) is 4.79 Å². The van der Waals surface area contributed by atoms with Crippen molar-refractivity contribution in [2.24, 2.45) is 17.8 Å². The van der Waals surface area contributed by atoms with E-state index in [9.17, 15) is 9.18 Å². The van der Waals surface area contributed by atoms with E-state index >= 15 is 0 Å². The van der Waals surface area contributed by atoms with Crippen molar-refractivity contribution in [1.29, 1.82) is 0 Å². The maximum Gasteiger partial charge on any atom is 0.237 e. The van der Waals surface area contributed by atoms with Gasteiger partial charge in [-0.25, -0.2) is 4.39 Å². The largest absolute Gasteiger partial charge is 0.352 e. The van der Waals surface area contributed by atoms with Crippen LogP contribution in [0.2, 0.25) is 0 Å². The molecular weight excluding hydrogens is 379 g/mol. The minimum atomic E-state index is -0.744. The summed E-state index contributed by atoms with van der Waals surface area (Å²) in [5.74, 6) is 1.43. The molecule has 7 unspecified atom stereocenters.